The largest absolute Gasteiger partial charge is 0.353 e. The highest BCUT2D eigenvalue weighted by Crippen LogP contribution is 2.10. The van der Waals surface area contributed by atoms with Gasteiger partial charge in [-0.1, -0.05) is 6.07 Å². The van der Waals surface area contributed by atoms with E-state index in [2.05, 4.69) is 16.0 Å². The van der Waals surface area contributed by atoms with Crippen molar-refractivity contribution in [3.63, 3.8) is 0 Å². The van der Waals surface area contributed by atoms with Crippen molar-refractivity contribution in [2.24, 2.45) is 7.05 Å². The Balaban J connectivity index is 1.80. The van der Waals surface area contributed by atoms with E-state index in [-0.39, 0.29) is 5.82 Å². The van der Waals surface area contributed by atoms with E-state index in [1.165, 1.54) is 17.3 Å². The molecule has 0 amide bonds. The van der Waals surface area contributed by atoms with E-state index in [4.69, 9.17) is 0 Å². The first-order chi connectivity index (χ1) is 8.66. The van der Waals surface area contributed by atoms with Crippen LogP contribution in [0.2, 0.25) is 0 Å². The van der Waals surface area contributed by atoms with E-state index in [1.807, 2.05) is 32.3 Å². The third kappa shape index (κ3) is 3.20. The number of nitrogens with one attached hydrogen (secondary N) is 1. The smallest absolute Gasteiger partial charge is 0.123 e. The minimum Gasteiger partial charge on any atom is -0.353 e. The number of aryl methyl sites for hydroxylation is 2. The van der Waals surface area contributed by atoms with Crippen LogP contribution in [0.25, 0.3) is 0 Å². The summed E-state index contributed by atoms with van der Waals surface area (Å²) in [6.45, 7) is 3.72. The number of hydrogen-bond acceptors (Lipinski definition) is 1. The van der Waals surface area contributed by atoms with Gasteiger partial charge in [0.05, 0.1) is 0 Å². The van der Waals surface area contributed by atoms with Crippen LogP contribution in [-0.2, 0) is 20.0 Å². The molecule has 2 nitrogen and oxygen atoms in total. The summed E-state index contributed by atoms with van der Waals surface area (Å²) in [5.74, 6) is -0.159. The fourth-order valence-corrected chi connectivity index (χ4v) is 2.06. The van der Waals surface area contributed by atoms with Gasteiger partial charge in [0.1, 0.15) is 5.82 Å². The zero-order valence-electron chi connectivity index (χ0n) is 10.9. The second kappa shape index (κ2) is 5.83. The zero-order chi connectivity index (χ0) is 13.0. The zero-order valence-corrected chi connectivity index (χ0v) is 10.9. The average molecular weight is 246 g/mol. The lowest BCUT2D eigenvalue weighted by atomic mass is 10.1. The Hall–Kier alpha value is -1.61. The first-order valence-electron chi connectivity index (χ1n) is 6.23. The Bertz CT molecular complexity index is 517. The molecule has 2 rings (SSSR count). The first-order valence-corrected chi connectivity index (χ1v) is 6.23. The predicted octanol–water partition coefficient (Wildman–Crippen LogP) is 2.80. The number of halogens is 1. The fourth-order valence-electron chi connectivity index (χ4n) is 2.06. The molecular weight excluding hydrogens is 227 g/mol. The summed E-state index contributed by atoms with van der Waals surface area (Å²) in [5, 5.41) is 3.40. The topological polar surface area (TPSA) is 17.0 Å². The second-order valence-corrected chi connectivity index (χ2v) is 4.61. The number of hydrogen-bond donors (Lipinski definition) is 1. The molecule has 0 unspecified atom stereocenters. The fraction of sp³-hybridized carbons (Fsp3) is 0.333. The summed E-state index contributed by atoms with van der Waals surface area (Å²) >= 11 is 0. The quantitative estimate of drug-likeness (QED) is 0.803. The van der Waals surface area contributed by atoms with Crippen LogP contribution in [0.4, 0.5) is 4.39 Å². The van der Waals surface area contributed by atoms with Gasteiger partial charge in [0.2, 0.25) is 0 Å². The van der Waals surface area contributed by atoms with Crippen LogP contribution in [0.3, 0.4) is 0 Å². The lowest BCUT2D eigenvalue weighted by molar-refractivity contribution is 0.623. The van der Waals surface area contributed by atoms with Crippen molar-refractivity contribution in [3.8, 4) is 0 Å². The van der Waals surface area contributed by atoms with E-state index < -0.39 is 0 Å². The van der Waals surface area contributed by atoms with Gasteiger partial charge in [0.25, 0.3) is 0 Å². The molecule has 0 bridgehead atoms. The van der Waals surface area contributed by atoms with Crippen LogP contribution in [0, 0.1) is 12.7 Å². The minimum atomic E-state index is -0.159. The van der Waals surface area contributed by atoms with Gasteiger partial charge in [-0.05, 0) is 55.3 Å². The van der Waals surface area contributed by atoms with Crippen molar-refractivity contribution in [3.05, 3.63) is 59.2 Å². The summed E-state index contributed by atoms with van der Waals surface area (Å²) in [5.41, 5.74) is 3.50. The van der Waals surface area contributed by atoms with Gasteiger partial charge in [-0.25, -0.2) is 4.39 Å². The highest BCUT2D eigenvalue weighted by molar-refractivity contribution is 5.26. The summed E-state index contributed by atoms with van der Waals surface area (Å²) in [6.07, 6.45) is 2.97. The van der Waals surface area contributed by atoms with Crippen LogP contribution < -0.4 is 5.32 Å². The number of rotatable bonds is 5. The Kier molecular flexibility index (Phi) is 4.15. The van der Waals surface area contributed by atoms with E-state index in [1.54, 1.807) is 6.07 Å². The molecule has 1 aromatic heterocycles. The Morgan fingerprint density at radius 1 is 1.28 bits per heavy atom. The molecule has 0 saturated heterocycles. The van der Waals surface area contributed by atoms with E-state index >= 15 is 0 Å². The molecule has 96 valence electrons. The number of benzene rings is 1. The molecular formula is C15H19FN2. The van der Waals surface area contributed by atoms with Crippen LogP contribution in [0.15, 0.2) is 36.5 Å². The van der Waals surface area contributed by atoms with Gasteiger partial charge < -0.3 is 9.88 Å². The number of aromatic nitrogens is 1. The van der Waals surface area contributed by atoms with Crippen LogP contribution in [-0.4, -0.2) is 11.1 Å². The maximum Gasteiger partial charge on any atom is 0.123 e. The molecule has 1 heterocycles. The second-order valence-electron chi connectivity index (χ2n) is 4.61. The van der Waals surface area contributed by atoms with Gasteiger partial charge in [0, 0.05) is 25.5 Å². The van der Waals surface area contributed by atoms with Gasteiger partial charge >= 0.3 is 0 Å². The summed E-state index contributed by atoms with van der Waals surface area (Å²) in [7, 11) is 2.04. The lowest BCUT2D eigenvalue weighted by Crippen LogP contribution is -2.18. The molecule has 1 N–H and O–H groups in total. The van der Waals surface area contributed by atoms with Crippen molar-refractivity contribution in [1.29, 1.82) is 0 Å². The van der Waals surface area contributed by atoms with Crippen molar-refractivity contribution in [2.45, 2.75) is 19.9 Å². The van der Waals surface area contributed by atoms with E-state index in [0.717, 1.165) is 25.1 Å². The molecule has 1 aromatic carbocycles. The standard InChI is InChI=1S/C15H19FN2/c1-12-10-14(16)6-5-13(12)7-8-17-11-15-4-3-9-18(15)2/h3-6,9-10,17H,7-8,11H2,1-2H3. The van der Waals surface area contributed by atoms with Gasteiger partial charge in [-0.2, -0.15) is 0 Å². The maximum atomic E-state index is 12.9. The van der Waals surface area contributed by atoms with Gasteiger partial charge in [0.15, 0.2) is 0 Å². The molecule has 0 fully saturated rings. The normalized spacial score (nSPS) is 10.8. The third-order valence-corrected chi connectivity index (χ3v) is 3.23. The van der Waals surface area contributed by atoms with Crippen molar-refractivity contribution < 1.29 is 4.39 Å². The molecule has 0 atom stereocenters. The van der Waals surface area contributed by atoms with Crippen LogP contribution in [0.5, 0.6) is 0 Å². The summed E-state index contributed by atoms with van der Waals surface area (Å²) < 4.78 is 15.1. The molecule has 0 spiro atoms. The Labute approximate surface area is 107 Å². The van der Waals surface area contributed by atoms with Crippen molar-refractivity contribution >= 4 is 0 Å². The first kappa shape index (κ1) is 12.8. The molecule has 2 aromatic rings. The molecule has 18 heavy (non-hydrogen) atoms. The van der Waals surface area contributed by atoms with Crippen molar-refractivity contribution in [1.82, 2.24) is 9.88 Å². The molecule has 0 radical (unpaired) electrons. The molecule has 0 aliphatic rings. The molecule has 3 heteroatoms. The maximum absolute atomic E-state index is 12.9. The van der Waals surface area contributed by atoms with E-state index in [0.29, 0.717) is 0 Å². The van der Waals surface area contributed by atoms with E-state index in [9.17, 15) is 4.39 Å². The van der Waals surface area contributed by atoms with Gasteiger partial charge in [-0.15, -0.1) is 0 Å². The van der Waals surface area contributed by atoms with Crippen molar-refractivity contribution in [2.75, 3.05) is 6.54 Å². The molecule has 0 aliphatic heterocycles. The Morgan fingerprint density at radius 2 is 2.11 bits per heavy atom. The van der Waals surface area contributed by atoms with Gasteiger partial charge in [-0.3, -0.25) is 0 Å². The lowest BCUT2D eigenvalue weighted by Gasteiger charge is -2.08. The number of nitrogens with zero attached hydrogens (tertiary/aromatic N) is 1. The Morgan fingerprint density at radius 3 is 2.78 bits per heavy atom. The average Bonchev–Trinajstić information content (AvgIpc) is 2.73. The monoisotopic (exact) mass is 246 g/mol. The van der Waals surface area contributed by atoms with Crippen LogP contribution in [0.1, 0.15) is 16.8 Å². The predicted molar refractivity (Wildman–Crippen MR) is 72.0 cm³/mol. The van der Waals surface area contributed by atoms with Crippen LogP contribution >= 0.6 is 0 Å². The SMILES string of the molecule is Cc1cc(F)ccc1CCNCc1cccn1C. The molecule has 0 aliphatic carbocycles. The molecule has 0 saturated carbocycles. The third-order valence-electron chi connectivity index (χ3n) is 3.23. The summed E-state index contributed by atoms with van der Waals surface area (Å²) in [4.78, 5) is 0. The summed E-state index contributed by atoms with van der Waals surface area (Å²) in [6, 6.07) is 9.14. The highest BCUT2D eigenvalue weighted by atomic mass is 19.1. The highest BCUT2D eigenvalue weighted by Gasteiger charge is 2.00. The minimum absolute atomic E-state index is 0.159.